The number of benzene rings is 1. The van der Waals surface area contributed by atoms with Crippen molar-refractivity contribution < 1.29 is 14.3 Å². The number of rotatable bonds is 1. The van der Waals surface area contributed by atoms with Gasteiger partial charge in [-0.25, -0.2) is 4.79 Å². The summed E-state index contributed by atoms with van der Waals surface area (Å²) in [5.41, 5.74) is 0.403. The minimum absolute atomic E-state index is 0.142. The Bertz CT molecular complexity index is 503. The highest BCUT2D eigenvalue weighted by atomic mass is 35.6. The van der Waals surface area contributed by atoms with E-state index in [2.05, 4.69) is 0 Å². The smallest absolute Gasteiger partial charge is 0.410 e. The molecule has 1 rings (SSSR count). The van der Waals surface area contributed by atoms with Gasteiger partial charge in [0.15, 0.2) is 0 Å². The lowest BCUT2D eigenvalue weighted by molar-refractivity contribution is -0.119. The second-order valence-electron chi connectivity index (χ2n) is 2.98. The van der Waals surface area contributed by atoms with Crippen molar-refractivity contribution in [1.29, 1.82) is 5.26 Å². The highest BCUT2D eigenvalue weighted by Gasteiger charge is 2.32. The van der Waals surface area contributed by atoms with Gasteiger partial charge in [0.05, 0.1) is 11.6 Å². The lowest BCUT2D eigenvalue weighted by atomic mass is 10.2. The fourth-order valence-electron chi connectivity index (χ4n) is 0.894. The summed E-state index contributed by atoms with van der Waals surface area (Å²) < 4.78 is 2.48. The van der Waals surface area contributed by atoms with Crippen LogP contribution in [0.15, 0.2) is 24.3 Å². The molecular formula is C10H5Cl3N2O3. The number of nitriles is 1. The Morgan fingerprint density at radius 2 is 1.78 bits per heavy atom. The zero-order valence-electron chi connectivity index (χ0n) is 8.62. The number of ether oxygens (including phenoxy) is 1. The maximum atomic E-state index is 11.2. The minimum atomic E-state index is -2.25. The summed E-state index contributed by atoms with van der Waals surface area (Å²) in [6.07, 6.45) is -1.09. The number of alkyl halides is 3. The van der Waals surface area contributed by atoms with Crippen LogP contribution < -0.4 is 10.1 Å². The number of nitrogens with zero attached hydrogens (tertiary/aromatic N) is 1. The molecule has 0 aliphatic carbocycles. The third-order valence-corrected chi connectivity index (χ3v) is 2.18. The van der Waals surface area contributed by atoms with E-state index in [9.17, 15) is 9.59 Å². The van der Waals surface area contributed by atoms with Crippen LogP contribution in [0, 0.1) is 11.3 Å². The van der Waals surface area contributed by atoms with E-state index < -0.39 is 15.8 Å². The molecule has 0 radical (unpaired) electrons. The Labute approximate surface area is 117 Å². The van der Waals surface area contributed by atoms with Crippen LogP contribution in [-0.4, -0.2) is 15.8 Å². The predicted molar refractivity (Wildman–Crippen MR) is 65.6 cm³/mol. The second-order valence-corrected chi connectivity index (χ2v) is 5.26. The maximum Gasteiger partial charge on any atom is 0.419 e. The van der Waals surface area contributed by atoms with E-state index >= 15 is 0 Å². The van der Waals surface area contributed by atoms with E-state index in [1.165, 1.54) is 24.3 Å². The maximum absolute atomic E-state index is 11.2. The quantitative estimate of drug-likeness (QED) is 0.809. The van der Waals surface area contributed by atoms with Crippen molar-refractivity contribution >= 4 is 46.8 Å². The standard InChI is InChI=1S/C10H5Cl3N2O3/c11-10(12,13)8(16)15-9(17)18-7-3-1-6(5-14)2-4-7/h1-4H,(H,15,16,17). The summed E-state index contributed by atoms with van der Waals surface area (Å²) in [7, 11) is 0. The molecule has 0 saturated heterocycles. The van der Waals surface area contributed by atoms with Gasteiger partial charge in [-0.2, -0.15) is 5.26 Å². The van der Waals surface area contributed by atoms with E-state index in [4.69, 9.17) is 44.8 Å². The van der Waals surface area contributed by atoms with Crippen molar-refractivity contribution in [3.05, 3.63) is 29.8 Å². The molecule has 1 N–H and O–H groups in total. The van der Waals surface area contributed by atoms with Gasteiger partial charge in [0.25, 0.3) is 9.70 Å². The van der Waals surface area contributed by atoms with Gasteiger partial charge < -0.3 is 4.74 Å². The monoisotopic (exact) mass is 306 g/mol. The molecule has 0 bridgehead atoms. The first-order valence-corrected chi connectivity index (χ1v) is 5.56. The molecule has 0 aromatic heterocycles. The molecule has 1 aromatic rings. The zero-order valence-corrected chi connectivity index (χ0v) is 10.9. The molecule has 1 aromatic carbocycles. The summed E-state index contributed by atoms with van der Waals surface area (Å²) in [6, 6.07) is 7.56. The lowest BCUT2D eigenvalue weighted by Gasteiger charge is -2.10. The number of halogens is 3. The first-order chi connectivity index (χ1) is 8.32. The molecule has 94 valence electrons. The minimum Gasteiger partial charge on any atom is -0.410 e. The summed E-state index contributed by atoms with van der Waals surface area (Å²) in [6.45, 7) is 0. The fraction of sp³-hybridized carbons (Fsp3) is 0.100. The lowest BCUT2D eigenvalue weighted by Crippen LogP contribution is -2.40. The molecule has 8 heteroatoms. The van der Waals surface area contributed by atoms with Crippen molar-refractivity contribution in [3.63, 3.8) is 0 Å². The Morgan fingerprint density at radius 1 is 1.22 bits per heavy atom. The number of imide groups is 1. The van der Waals surface area contributed by atoms with Crippen LogP contribution in [-0.2, 0) is 4.79 Å². The average Bonchev–Trinajstić information content (AvgIpc) is 2.28. The van der Waals surface area contributed by atoms with Gasteiger partial charge in [0.1, 0.15) is 5.75 Å². The molecule has 5 nitrogen and oxygen atoms in total. The van der Waals surface area contributed by atoms with Crippen LogP contribution in [0.3, 0.4) is 0 Å². The highest BCUT2D eigenvalue weighted by Crippen LogP contribution is 2.25. The molecule has 0 atom stereocenters. The Balaban J connectivity index is 2.60. The van der Waals surface area contributed by atoms with Gasteiger partial charge in [0.2, 0.25) is 0 Å². The zero-order chi connectivity index (χ0) is 13.8. The average molecular weight is 308 g/mol. The topological polar surface area (TPSA) is 79.2 Å². The summed E-state index contributed by atoms with van der Waals surface area (Å²) >= 11 is 15.7. The fourth-order valence-corrected chi connectivity index (χ4v) is 1.04. The van der Waals surface area contributed by atoms with Gasteiger partial charge >= 0.3 is 6.09 Å². The first kappa shape index (κ1) is 14.6. The summed E-state index contributed by atoms with van der Waals surface area (Å²) in [5, 5.41) is 10.3. The molecule has 2 amide bonds. The summed E-state index contributed by atoms with van der Waals surface area (Å²) in [5.74, 6) is -0.977. The van der Waals surface area contributed by atoms with Crippen molar-refractivity contribution in [1.82, 2.24) is 5.32 Å². The van der Waals surface area contributed by atoms with Crippen LogP contribution >= 0.6 is 34.8 Å². The molecule has 0 heterocycles. The molecule has 0 fully saturated rings. The van der Waals surface area contributed by atoms with Crippen molar-refractivity contribution in [2.75, 3.05) is 0 Å². The largest absolute Gasteiger partial charge is 0.419 e. The number of hydrogen-bond donors (Lipinski definition) is 1. The molecule has 18 heavy (non-hydrogen) atoms. The van der Waals surface area contributed by atoms with Crippen molar-refractivity contribution in [2.45, 2.75) is 3.79 Å². The molecule has 0 spiro atoms. The molecule has 0 saturated carbocycles. The van der Waals surface area contributed by atoms with Crippen molar-refractivity contribution in [3.8, 4) is 11.8 Å². The van der Waals surface area contributed by atoms with Gasteiger partial charge in [-0.1, -0.05) is 34.8 Å². The Hall–Kier alpha value is -1.48. The van der Waals surface area contributed by atoms with E-state index in [-0.39, 0.29) is 5.75 Å². The number of hydrogen-bond acceptors (Lipinski definition) is 4. The number of nitrogens with one attached hydrogen (secondary N) is 1. The Morgan fingerprint density at radius 3 is 2.22 bits per heavy atom. The van der Waals surface area contributed by atoms with E-state index in [1.807, 2.05) is 6.07 Å². The van der Waals surface area contributed by atoms with Crippen LogP contribution in [0.25, 0.3) is 0 Å². The molecule has 0 unspecified atom stereocenters. The number of amides is 2. The number of carbonyl (C=O) groups is 2. The van der Waals surface area contributed by atoms with E-state index in [1.54, 1.807) is 5.32 Å². The van der Waals surface area contributed by atoms with Crippen LogP contribution in [0.5, 0.6) is 5.75 Å². The van der Waals surface area contributed by atoms with Crippen molar-refractivity contribution in [2.24, 2.45) is 0 Å². The predicted octanol–water partition coefficient (Wildman–Crippen LogP) is 2.54. The first-order valence-electron chi connectivity index (χ1n) is 4.43. The van der Waals surface area contributed by atoms with E-state index in [0.29, 0.717) is 5.56 Å². The van der Waals surface area contributed by atoms with Crippen LogP contribution in [0.4, 0.5) is 4.79 Å². The number of carbonyl (C=O) groups excluding carboxylic acids is 2. The highest BCUT2D eigenvalue weighted by molar-refractivity contribution is 6.76. The Kier molecular flexibility index (Phi) is 4.79. The van der Waals surface area contributed by atoms with Gasteiger partial charge in [-0.15, -0.1) is 0 Å². The normalized spacial score (nSPS) is 10.3. The summed E-state index contributed by atoms with van der Waals surface area (Å²) in [4.78, 5) is 22.3. The SMILES string of the molecule is N#Cc1ccc(OC(=O)NC(=O)C(Cl)(Cl)Cl)cc1. The third kappa shape index (κ3) is 4.41. The molecule has 0 aliphatic heterocycles. The van der Waals surface area contributed by atoms with Crippen LogP contribution in [0.2, 0.25) is 0 Å². The van der Waals surface area contributed by atoms with Gasteiger partial charge in [-0.3, -0.25) is 10.1 Å². The van der Waals surface area contributed by atoms with Gasteiger partial charge in [-0.05, 0) is 24.3 Å². The third-order valence-electron chi connectivity index (χ3n) is 1.67. The molecular weight excluding hydrogens is 302 g/mol. The van der Waals surface area contributed by atoms with Gasteiger partial charge in [0, 0.05) is 0 Å². The van der Waals surface area contributed by atoms with E-state index in [0.717, 1.165) is 0 Å². The van der Waals surface area contributed by atoms with Crippen LogP contribution in [0.1, 0.15) is 5.56 Å². The second kappa shape index (κ2) is 5.91. The molecule has 0 aliphatic rings.